The highest BCUT2D eigenvalue weighted by atomic mass is 79.9. The van der Waals surface area contributed by atoms with Crippen molar-refractivity contribution in [1.29, 1.82) is 0 Å². The summed E-state index contributed by atoms with van der Waals surface area (Å²) in [6.07, 6.45) is 0.502. The summed E-state index contributed by atoms with van der Waals surface area (Å²) in [5.74, 6) is -1.17. The second-order valence-electron chi connectivity index (χ2n) is 3.19. The fourth-order valence-corrected chi connectivity index (χ4v) is 1.56. The quantitative estimate of drug-likeness (QED) is 0.920. The van der Waals surface area contributed by atoms with E-state index in [9.17, 15) is 4.79 Å². The Morgan fingerprint density at radius 3 is 2.79 bits per heavy atom. The Kier molecular flexibility index (Phi) is 3.96. The monoisotopic (exact) mass is 276 g/mol. The number of rotatable bonds is 3. The average molecular weight is 278 g/mol. The van der Waals surface area contributed by atoms with Crippen molar-refractivity contribution in [2.24, 2.45) is 5.92 Å². The van der Waals surface area contributed by atoms with E-state index >= 15 is 0 Å². The molecule has 1 unspecified atom stereocenters. The van der Waals surface area contributed by atoms with Crippen molar-refractivity contribution in [2.45, 2.75) is 13.3 Å². The molecule has 0 aliphatic heterocycles. The number of benzene rings is 1. The van der Waals surface area contributed by atoms with Crippen molar-refractivity contribution in [1.82, 2.24) is 0 Å². The minimum Gasteiger partial charge on any atom is -0.481 e. The predicted octanol–water partition coefficient (Wildman–Crippen LogP) is 3.37. The molecule has 0 bridgehead atoms. The van der Waals surface area contributed by atoms with E-state index in [4.69, 9.17) is 16.7 Å². The molecule has 0 spiro atoms. The van der Waals surface area contributed by atoms with Crippen LogP contribution in [-0.4, -0.2) is 11.1 Å². The molecule has 1 aromatic rings. The Morgan fingerprint density at radius 2 is 2.29 bits per heavy atom. The maximum atomic E-state index is 10.6. The van der Waals surface area contributed by atoms with Gasteiger partial charge in [0.2, 0.25) is 0 Å². The lowest BCUT2D eigenvalue weighted by molar-refractivity contribution is -0.141. The zero-order valence-electron chi connectivity index (χ0n) is 7.63. The SMILES string of the molecule is CC(Cc1ccc(Br)c(Cl)c1)C(=O)O. The van der Waals surface area contributed by atoms with Crippen LogP contribution in [0, 0.1) is 5.92 Å². The lowest BCUT2D eigenvalue weighted by atomic mass is 10.0. The topological polar surface area (TPSA) is 37.3 Å². The highest BCUT2D eigenvalue weighted by molar-refractivity contribution is 9.10. The van der Waals surface area contributed by atoms with Crippen LogP contribution in [0.25, 0.3) is 0 Å². The van der Waals surface area contributed by atoms with Gasteiger partial charge in [0.15, 0.2) is 0 Å². The standard InChI is InChI=1S/C10H10BrClO2/c1-6(10(13)14)4-7-2-3-8(11)9(12)5-7/h2-3,5-6H,4H2,1H3,(H,13,14). The number of halogens is 2. The van der Waals surface area contributed by atoms with Crippen LogP contribution in [0.1, 0.15) is 12.5 Å². The number of carboxylic acids is 1. The third kappa shape index (κ3) is 3.00. The number of hydrogen-bond acceptors (Lipinski definition) is 1. The molecule has 0 aliphatic carbocycles. The van der Waals surface area contributed by atoms with E-state index < -0.39 is 5.97 Å². The molecule has 0 radical (unpaired) electrons. The van der Waals surface area contributed by atoms with Gasteiger partial charge in [0.25, 0.3) is 0 Å². The molecular weight excluding hydrogens is 267 g/mol. The number of carbonyl (C=O) groups is 1. The van der Waals surface area contributed by atoms with Crippen molar-refractivity contribution in [3.8, 4) is 0 Å². The van der Waals surface area contributed by atoms with Crippen LogP contribution in [0.2, 0.25) is 5.02 Å². The highest BCUT2D eigenvalue weighted by Crippen LogP contribution is 2.24. The smallest absolute Gasteiger partial charge is 0.306 e. The maximum absolute atomic E-state index is 10.6. The van der Waals surface area contributed by atoms with Gasteiger partial charge in [0.1, 0.15) is 0 Å². The van der Waals surface area contributed by atoms with Crippen molar-refractivity contribution in [2.75, 3.05) is 0 Å². The van der Waals surface area contributed by atoms with Crippen LogP contribution in [0.3, 0.4) is 0 Å². The van der Waals surface area contributed by atoms with Crippen molar-refractivity contribution in [3.63, 3.8) is 0 Å². The molecule has 0 heterocycles. The molecule has 1 rings (SSSR count). The van der Waals surface area contributed by atoms with Gasteiger partial charge in [-0.05, 0) is 40.0 Å². The molecule has 0 saturated heterocycles. The lowest BCUT2D eigenvalue weighted by Gasteiger charge is -2.06. The number of carboxylic acid groups (broad SMARTS) is 1. The van der Waals surface area contributed by atoms with E-state index in [1.807, 2.05) is 12.1 Å². The summed E-state index contributed by atoms with van der Waals surface area (Å²) in [5, 5.41) is 9.34. The largest absolute Gasteiger partial charge is 0.481 e. The Bertz CT molecular complexity index is 352. The van der Waals surface area contributed by atoms with Gasteiger partial charge in [-0.25, -0.2) is 0 Å². The Balaban J connectivity index is 2.78. The van der Waals surface area contributed by atoms with Gasteiger partial charge in [0, 0.05) is 4.47 Å². The van der Waals surface area contributed by atoms with E-state index in [0.717, 1.165) is 10.0 Å². The van der Waals surface area contributed by atoms with Gasteiger partial charge in [-0.2, -0.15) is 0 Å². The van der Waals surface area contributed by atoms with Crippen LogP contribution >= 0.6 is 27.5 Å². The molecule has 0 fully saturated rings. The van der Waals surface area contributed by atoms with Gasteiger partial charge in [-0.15, -0.1) is 0 Å². The first kappa shape index (κ1) is 11.5. The number of hydrogen-bond donors (Lipinski definition) is 1. The van der Waals surface area contributed by atoms with Crippen LogP contribution in [0.5, 0.6) is 0 Å². The van der Waals surface area contributed by atoms with Crippen molar-refractivity contribution in [3.05, 3.63) is 33.3 Å². The molecule has 0 saturated carbocycles. The summed E-state index contributed by atoms with van der Waals surface area (Å²) in [6.45, 7) is 1.68. The molecule has 76 valence electrons. The summed E-state index contributed by atoms with van der Waals surface area (Å²) in [5.41, 5.74) is 0.938. The predicted molar refractivity (Wildman–Crippen MR) is 59.7 cm³/mol. The molecular formula is C10H10BrClO2. The average Bonchev–Trinajstić information content (AvgIpc) is 2.11. The molecule has 1 N–H and O–H groups in total. The zero-order valence-corrected chi connectivity index (χ0v) is 9.97. The Labute approximate surface area is 96.0 Å². The van der Waals surface area contributed by atoms with Crippen LogP contribution < -0.4 is 0 Å². The fraction of sp³-hybridized carbons (Fsp3) is 0.300. The summed E-state index contributed by atoms with van der Waals surface area (Å²) in [4.78, 5) is 10.6. The molecule has 1 atom stereocenters. The van der Waals surface area contributed by atoms with Crippen LogP contribution in [0.15, 0.2) is 22.7 Å². The Hall–Kier alpha value is -0.540. The first-order chi connectivity index (χ1) is 6.50. The molecule has 0 aliphatic rings. The van der Waals surface area contributed by atoms with E-state index in [1.165, 1.54) is 0 Å². The summed E-state index contributed by atoms with van der Waals surface area (Å²) in [7, 11) is 0. The van der Waals surface area contributed by atoms with Gasteiger partial charge in [-0.3, -0.25) is 4.79 Å². The van der Waals surface area contributed by atoms with E-state index in [2.05, 4.69) is 15.9 Å². The Morgan fingerprint density at radius 1 is 1.64 bits per heavy atom. The van der Waals surface area contributed by atoms with Gasteiger partial charge in [-0.1, -0.05) is 24.6 Å². The highest BCUT2D eigenvalue weighted by Gasteiger charge is 2.11. The minimum atomic E-state index is -0.788. The van der Waals surface area contributed by atoms with Gasteiger partial charge < -0.3 is 5.11 Å². The third-order valence-corrected chi connectivity index (χ3v) is 3.18. The van der Waals surface area contributed by atoms with Crippen LogP contribution in [0.4, 0.5) is 0 Å². The molecule has 0 aromatic heterocycles. The van der Waals surface area contributed by atoms with Crippen molar-refractivity contribution < 1.29 is 9.90 Å². The first-order valence-corrected chi connectivity index (χ1v) is 5.34. The van der Waals surface area contributed by atoms with Crippen molar-refractivity contribution >= 4 is 33.5 Å². The third-order valence-electron chi connectivity index (χ3n) is 1.95. The number of aliphatic carboxylic acids is 1. The molecule has 4 heteroatoms. The van der Waals surface area contributed by atoms with E-state index in [-0.39, 0.29) is 5.92 Å². The fourth-order valence-electron chi connectivity index (χ4n) is 1.11. The van der Waals surface area contributed by atoms with E-state index in [0.29, 0.717) is 11.4 Å². The molecule has 2 nitrogen and oxygen atoms in total. The normalized spacial score (nSPS) is 12.5. The molecule has 14 heavy (non-hydrogen) atoms. The molecule has 1 aromatic carbocycles. The maximum Gasteiger partial charge on any atom is 0.306 e. The van der Waals surface area contributed by atoms with Crippen LogP contribution in [-0.2, 0) is 11.2 Å². The zero-order chi connectivity index (χ0) is 10.7. The first-order valence-electron chi connectivity index (χ1n) is 4.17. The second kappa shape index (κ2) is 4.80. The van der Waals surface area contributed by atoms with Gasteiger partial charge in [0.05, 0.1) is 10.9 Å². The summed E-state index contributed by atoms with van der Waals surface area (Å²) < 4.78 is 0.825. The summed E-state index contributed by atoms with van der Waals surface area (Å²) >= 11 is 9.16. The lowest BCUT2D eigenvalue weighted by Crippen LogP contribution is -2.12. The molecule has 0 amide bonds. The van der Waals surface area contributed by atoms with Gasteiger partial charge >= 0.3 is 5.97 Å². The minimum absolute atomic E-state index is 0.382. The summed E-state index contributed by atoms with van der Waals surface area (Å²) in [6, 6.07) is 5.48. The second-order valence-corrected chi connectivity index (χ2v) is 4.45. The van der Waals surface area contributed by atoms with E-state index in [1.54, 1.807) is 13.0 Å².